The largest absolute Gasteiger partial charge is 0.489 e. The summed E-state index contributed by atoms with van der Waals surface area (Å²) in [5.41, 5.74) is 2.85. The highest BCUT2D eigenvalue weighted by atomic mass is 19.4. The van der Waals surface area contributed by atoms with E-state index in [1.54, 1.807) is 12.1 Å². The molecule has 1 saturated carbocycles. The second-order valence-electron chi connectivity index (χ2n) is 9.07. The molecule has 3 aliphatic rings. The molecule has 2 aromatic carbocycles. The van der Waals surface area contributed by atoms with Gasteiger partial charge >= 0.3 is 12.1 Å². The SMILES string of the molecule is COC(=O)C1CN(C2CCc3cc(OCc4ccc(C5CC5)c(C(F)(F)F)c4)ccc32)C1. The van der Waals surface area contributed by atoms with Gasteiger partial charge in [-0.3, -0.25) is 9.69 Å². The Morgan fingerprint density at radius 1 is 1.06 bits per heavy atom. The Bertz CT molecular complexity index is 1030. The molecule has 2 aromatic rings. The van der Waals surface area contributed by atoms with Crippen molar-refractivity contribution in [1.29, 1.82) is 0 Å². The number of nitrogens with zero attached hydrogens (tertiary/aromatic N) is 1. The summed E-state index contributed by atoms with van der Waals surface area (Å²) < 4.78 is 51.1. The minimum atomic E-state index is -4.35. The monoisotopic (exact) mass is 445 g/mol. The van der Waals surface area contributed by atoms with E-state index in [2.05, 4.69) is 4.90 Å². The smallest absolute Gasteiger partial charge is 0.416 e. The van der Waals surface area contributed by atoms with Gasteiger partial charge in [0.05, 0.1) is 18.6 Å². The van der Waals surface area contributed by atoms with Gasteiger partial charge in [-0.15, -0.1) is 0 Å². The van der Waals surface area contributed by atoms with E-state index in [4.69, 9.17) is 9.47 Å². The van der Waals surface area contributed by atoms with Crippen molar-refractivity contribution in [2.75, 3.05) is 20.2 Å². The van der Waals surface area contributed by atoms with Crippen LogP contribution in [0.5, 0.6) is 5.75 Å². The average Bonchev–Trinajstić information content (AvgIpc) is 3.51. The topological polar surface area (TPSA) is 38.8 Å². The van der Waals surface area contributed by atoms with Gasteiger partial charge in [0.15, 0.2) is 0 Å². The molecule has 1 aliphatic heterocycles. The molecule has 0 spiro atoms. The first kappa shape index (κ1) is 21.3. The number of hydrogen-bond acceptors (Lipinski definition) is 4. The number of likely N-dealkylation sites (tertiary alicyclic amines) is 1. The maximum absolute atomic E-state index is 13.5. The lowest BCUT2D eigenvalue weighted by molar-refractivity contribution is -0.152. The molecular weight excluding hydrogens is 419 g/mol. The van der Waals surface area contributed by atoms with E-state index < -0.39 is 11.7 Å². The number of ether oxygens (including phenoxy) is 2. The first-order valence-corrected chi connectivity index (χ1v) is 11.1. The molecule has 2 aliphatic carbocycles. The van der Waals surface area contributed by atoms with Crippen molar-refractivity contribution in [1.82, 2.24) is 4.90 Å². The van der Waals surface area contributed by atoms with E-state index in [0.717, 1.165) is 25.7 Å². The summed E-state index contributed by atoms with van der Waals surface area (Å²) in [5, 5.41) is 0. The lowest BCUT2D eigenvalue weighted by Gasteiger charge is -2.41. The van der Waals surface area contributed by atoms with Crippen molar-refractivity contribution in [2.24, 2.45) is 5.92 Å². The maximum atomic E-state index is 13.5. The van der Waals surface area contributed by atoms with Gasteiger partial charge in [0.1, 0.15) is 12.4 Å². The van der Waals surface area contributed by atoms with Gasteiger partial charge < -0.3 is 9.47 Å². The van der Waals surface area contributed by atoms with Crippen molar-refractivity contribution in [3.63, 3.8) is 0 Å². The van der Waals surface area contributed by atoms with Gasteiger partial charge in [0, 0.05) is 19.1 Å². The highest BCUT2D eigenvalue weighted by Crippen LogP contribution is 2.46. The Kier molecular flexibility index (Phi) is 5.40. The van der Waals surface area contributed by atoms with Crippen LogP contribution in [0.25, 0.3) is 0 Å². The lowest BCUT2D eigenvalue weighted by Crippen LogP contribution is -2.51. The third-order valence-electron chi connectivity index (χ3n) is 6.89. The van der Waals surface area contributed by atoms with Crippen LogP contribution < -0.4 is 4.74 Å². The highest BCUT2D eigenvalue weighted by Gasteiger charge is 2.40. The van der Waals surface area contributed by atoms with Gasteiger partial charge in [0.2, 0.25) is 0 Å². The molecule has 5 rings (SSSR count). The van der Waals surface area contributed by atoms with Gasteiger partial charge in [-0.05, 0) is 72.1 Å². The maximum Gasteiger partial charge on any atom is 0.416 e. The molecule has 2 fully saturated rings. The van der Waals surface area contributed by atoms with Crippen LogP contribution in [0.2, 0.25) is 0 Å². The number of aryl methyl sites for hydroxylation is 1. The van der Waals surface area contributed by atoms with Crippen LogP contribution >= 0.6 is 0 Å². The predicted molar refractivity (Wildman–Crippen MR) is 112 cm³/mol. The van der Waals surface area contributed by atoms with Crippen molar-refractivity contribution in [3.05, 3.63) is 64.2 Å². The molecule has 0 amide bonds. The first-order valence-electron chi connectivity index (χ1n) is 11.1. The minimum Gasteiger partial charge on any atom is -0.489 e. The molecule has 1 saturated heterocycles. The Labute approximate surface area is 185 Å². The van der Waals surface area contributed by atoms with Crippen LogP contribution in [0.15, 0.2) is 36.4 Å². The third kappa shape index (κ3) is 4.10. The van der Waals surface area contributed by atoms with Crippen LogP contribution in [-0.2, 0) is 28.7 Å². The van der Waals surface area contributed by atoms with E-state index in [0.29, 0.717) is 36.0 Å². The molecule has 1 unspecified atom stereocenters. The molecule has 1 atom stereocenters. The summed E-state index contributed by atoms with van der Waals surface area (Å²) in [4.78, 5) is 13.9. The van der Waals surface area contributed by atoms with Crippen LogP contribution in [0.3, 0.4) is 0 Å². The van der Waals surface area contributed by atoms with Crippen LogP contribution in [0.1, 0.15) is 59.0 Å². The summed E-state index contributed by atoms with van der Waals surface area (Å²) in [7, 11) is 1.42. The fourth-order valence-corrected chi connectivity index (χ4v) is 4.98. The summed E-state index contributed by atoms with van der Waals surface area (Å²) in [6, 6.07) is 10.8. The van der Waals surface area contributed by atoms with Crippen LogP contribution in [-0.4, -0.2) is 31.1 Å². The fourth-order valence-electron chi connectivity index (χ4n) is 4.98. The van der Waals surface area contributed by atoms with E-state index in [-0.39, 0.29) is 24.4 Å². The van der Waals surface area contributed by atoms with E-state index >= 15 is 0 Å². The first-order chi connectivity index (χ1) is 15.3. The summed E-state index contributed by atoms with van der Waals surface area (Å²) in [6.07, 6.45) is -0.777. The van der Waals surface area contributed by atoms with Crippen molar-refractivity contribution < 1.29 is 27.4 Å². The number of alkyl halides is 3. The molecule has 4 nitrogen and oxygen atoms in total. The quantitative estimate of drug-likeness (QED) is 0.569. The van der Waals surface area contributed by atoms with Crippen LogP contribution in [0, 0.1) is 5.92 Å². The standard InChI is InChI=1S/C25H26F3NO3/c1-31-24(30)18-12-29(13-18)23-9-5-17-11-19(6-8-21(17)23)32-14-15-2-7-20(16-3-4-16)22(10-15)25(26,27)28/h2,6-8,10-11,16,18,23H,3-5,9,12-14H2,1H3. The van der Waals surface area contributed by atoms with Crippen molar-refractivity contribution in [3.8, 4) is 5.75 Å². The molecule has 0 bridgehead atoms. The molecule has 7 heteroatoms. The summed E-state index contributed by atoms with van der Waals surface area (Å²) in [6.45, 7) is 1.53. The molecule has 1 heterocycles. The fraction of sp³-hybridized carbons (Fsp3) is 0.480. The van der Waals surface area contributed by atoms with Gasteiger partial charge in [-0.1, -0.05) is 18.2 Å². The number of methoxy groups -OCH3 is 1. The zero-order chi connectivity index (χ0) is 22.5. The Hall–Kier alpha value is -2.54. The summed E-state index contributed by atoms with van der Waals surface area (Å²) in [5.74, 6) is 0.516. The normalized spacial score (nSPS) is 21.2. The molecule has 0 aromatic heterocycles. The summed E-state index contributed by atoms with van der Waals surface area (Å²) >= 11 is 0. The Balaban J connectivity index is 1.24. The Morgan fingerprint density at radius 2 is 1.81 bits per heavy atom. The van der Waals surface area contributed by atoms with Crippen LogP contribution in [0.4, 0.5) is 13.2 Å². The number of esters is 1. The number of hydrogen-bond donors (Lipinski definition) is 0. The molecule has 0 radical (unpaired) electrons. The van der Waals surface area contributed by atoms with E-state index in [1.165, 1.54) is 24.3 Å². The van der Waals surface area contributed by atoms with Gasteiger partial charge in [0.25, 0.3) is 0 Å². The molecule has 32 heavy (non-hydrogen) atoms. The highest BCUT2D eigenvalue weighted by molar-refractivity contribution is 5.73. The predicted octanol–water partition coefficient (Wildman–Crippen LogP) is 5.25. The molecule has 0 N–H and O–H groups in total. The third-order valence-corrected chi connectivity index (χ3v) is 6.89. The number of benzene rings is 2. The molecule has 170 valence electrons. The minimum absolute atomic E-state index is 0.0421. The number of carbonyl (C=O) groups is 1. The van der Waals surface area contributed by atoms with Gasteiger partial charge in [-0.25, -0.2) is 0 Å². The van der Waals surface area contributed by atoms with Crippen molar-refractivity contribution in [2.45, 2.75) is 50.4 Å². The number of carbonyl (C=O) groups excluding carboxylic acids is 1. The number of halogens is 3. The number of rotatable bonds is 6. The second-order valence-corrected chi connectivity index (χ2v) is 9.07. The zero-order valence-electron chi connectivity index (χ0n) is 18.0. The number of fused-ring (bicyclic) bond motifs is 1. The zero-order valence-corrected chi connectivity index (χ0v) is 18.0. The van der Waals surface area contributed by atoms with Crippen molar-refractivity contribution >= 4 is 5.97 Å². The molecular formula is C25H26F3NO3. The second kappa shape index (κ2) is 8.10. The van der Waals surface area contributed by atoms with E-state index in [1.807, 2.05) is 18.2 Å². The Morgan fingerprint density at radius 3 is 2.50 bits per heavy atom. The van der Waals surface area contributed by atoms with Gasteiger partial charge in [-0.2, -0.15) is 13.2 Å². The van der Waals surface area contributed by atoms with E-state index in [9.17, 15) is 18.0 Å². The average molecular weight is 445 g/mol. The lowest BCUT2D eigenvalue weighted by atomic mass is 9.95.